The Morgan fingerprint density at radius 3 is 2.29 bits per heavy atom. The Morgan fingerprint density at radius 2 is 1.82 bits per heavy atom. The molecule has 2 heterocycles. The number of rotatable bonds is 4. The molecular formula is C10H12N4O3. The van der Waals surface area contributed by atoms with Crippen LogP contribution in [0.2, 0.25) is 0 Å². The van der Waals surface area contributed by atoms with Crippen LogP contribution in [0.4, 0.5) is 0 Å². The second kappa shape index (κ2) is 4.77. The van der Waals surface area contributed by atoms with Gasteiger partial charge in [0.05, 0.1) is 14.2 Å². The quantitative estimate of drug-likeness (QED) is 0.786. The Labute approximate surface area is 97.8 Å². The van der Waals surface area contributed by atoms with Gasteiger partial charge >= 0.3 is 0 Å². The second-order valence-electron chi connectivity index (χ2n) is 3.13. The smallest absolute Gasteiger partial charge is 0.231 e. The maximum atomic E-state index is 5.13. The molecule has 0 saturated carbocycles. The van der Waals surface area contributed by atoms with Crippen LogP contribution in [0.15, 0.2) is 10.9 Å². The summed E-state index contributed by atoms with van der Waals surface area (Å²) in [5, 5.41) is 3.85. The molecule has 0 spiro atoms. The summed E-state index contributed by atoms with van der Waals surface area (Å²) in [6, 6.07) is 0. The van der Waals surface area contributed by atoms with Crippen LogP contribution in [0.3, 0.4) is 0 Å². The van der Waals surface area contributed by atoms with Crippen molar-refractivity contribution in [3.8, 4) is 23.1 Å². The van der Waals surface area contributed by atoms with Crippen LogP contribution in [-0.2, 0) is 6.42 Å². The van der Waals surface area contributed by atoms with E-state index in [4.69, 9.17) is 14.0 Å². The van der Waals surface area contributed by atoms with Gasteiger partial charge in [0.25, 0.3) is 0 Å². The van der Waals surface area contributed by atoms with E-state index in [9.17, 15) is 0 Å². The zero-order valence-electron chi connectivity index (χ0n) is 9.80. The zero-order valence-corrected chi connectivity index (χ0v) is 9.80. The molecule has 0 aliphatic carbocycles. The molecule has 0 aromatic carbocycles. The molecule has 2 rings (SSSR count). The van der Waals surface area contributed by atoms with Gasteiger partial charge in [0, 0.05) is 6.42 Å². The highest BCUT2D eigenvalue weighted by Gasteiger charge is 2.20. The van der Waals surface area contributed by atoms with Gasteiger partial charge in [0.2, 0.25) is 23.5 Å². The van der Waals surface area contributed by atoms with Crippen molar-refractivity contribution in [1.29, 1.82) is 0 Å². The van der Waals surface area contributed by atoms with Gasteiger partial charge in [0.15, 0.2) is 0 Å². The van der Waals surface area contributed by atoms with E-state index in [1.807, 2.05) is 6.92 Å². The lowest BCUT2D eigenvalue weighted by molar-refractivity contribution is 0.369. The van der Waals surface area contributed by atoms with Crippen LogP contribution < -0.4 is 9.47 Å². The van der Waals surface area contributed by atoms with Gasteiger partial charge in [-0.3, -0.25) is 0 Å². The number of methoxy groups -OCH3 is 2. The highest BCUT2D eigenvalue weighted by atomic mass is 16.5. The van der Waals surface area contributed by atoms with Crippen LogP contribution in [0.5, 0.6) is 11.8 Å². The Balaban J connectivity index is 2.55. The van der Waals surface area contributed by atoms with Crippen LogP contribution >= 0.6 is 0 Å². The first kappa shape index (κ1) is 11.3. The number of hydrogen-bond donors (Lipinski definition) is 0. The molecule has 0 fully saturated rings. The molecule has 0 atom stereocenters. The molecule has 7 heteroatoms. The average Bonchev–Trinajstić information content (AvgIpc) is 2.86. The first-order chi connectivity index (χ1) is 8.30. The fourth-order valence-electron chi connectivity index (χ4n) is 1.36. The number of aryl methyl sites for hydroxylation is 1. The molecule has 0 bridgehead atoms. The van der Waals surface area contributed by atoms with Crippen molar-refractivity contribution >= 4 is 0 Å². The highest BCUT2D eigenvalue weighted by Crippen LogP contribution is 2.32. The summed E-state index contributed by atoms with van der Waals surface area (Å²) in [6.45, 7) is 1.92. The molecule has 0 N–H and O–H groups in total. The standard InChI is InChI=1S/C10H12N4O3/c1-4-6-13-8(14-17-6)7-9(15-2)11-5-12-10(7)16-3/h5H,4H2,1-3H3. The monoisotopic (exact) mass is 236 g/mol. The van der Waals surface area contributed by atoms with Crippen LogP contribution in [-0.4, -0.2) is 34.3 Å². The van der Waals surface area contributed by atoms with Crippen molar-refractivity contribution in [2.75, 3.05) is 14.2 Å². The molecule has 2 aromatic heterocycles. The molecule has 0 saturated heterocycles. The van der Waals surface area contributed by atoms with Crippen molar-refractivity contribution in [3.05, 3.63) is 12.2 Å². The normalized spacial score (nSPS) is 10.3. The van der Waals surface area contributed by atoms with Crippen molar-refractivity contribution in [2.24, 2.45) is 0 Å². The highest BCUT2D eigenvalue weighted by molar-refractivity contribution is 5.66. The zero-order chi connectivity index (χ0) is 12.3. The fraction of sp³-hybridized carbons (Fsp3) is 0.400. The molecule has 0 aliphatic rings. The van der Waals surface area contributed by atoms with Gasteiger partial charge in [-0.05, 0) is 0 Å². The summed E-state index contributed by atoms with van der Waals surface area (Å²) in [5.74, 6) is 1.59. The van der Waals surface area contributed by atoms with E-state index in [0.717, 1.165) is 0 Å². The first-order valence-electron chi connectivity index (χ1n) is 5.06. The Kier molecular flexibility index (Phi) is 3.17. The van der Waals surface area contributed by atoms with Gasteiger partial charge in [-0.2, -0.15) is 4.98 Å². The van der Waals surface area contributed by atoms with Gasteiger partial charge < -0.3 is 14.0 Å². The SMILES string of the molecule is CCc1nc(-c2c(OC)ncnc2OC)no1. The molecule has 0 unspecified atom stereocenters. The Bertz CT molecular complexity index is 490. The van der Waals surface area contributed by atoms with Gasteiger partial charge in [-0.25, -0.2) is 9.97 Å². The van der Waals surface area contributed by atoms with Crippen molar-refractivity contribution in [2.45, 2.75) is 13.3 Å². The van der Waals surface area contributed by atoms with Crippen molar-refractivity contribution in [1.82, 2.24) is 20.1 Å². The molecule has 2 aromatic rings. The number of nitrogens with zero attached hydrogens (tertiary/aromatic N) is 4. The summed E-state index contributed by atoms with van der Waals surface area (Å²) in [7, 11) is 3.01. The van der Waals surface area contributed by atoms with E-state index in [0.29, 0.717) is 35.5 Å². The van der Waals surface area contributed by atoms with Crippen molar-refractivity contribution in [3.63, 3.8) is 0 Å². The van der Waals surface area contributed by atoms with E-state index >= 15 is 0 Å². The fourth-order valence-corrected chi connectivity index (χ4v) is 1.36. The van der Waals surface area contributed by atoms with Crippen LogP contribution in [0.25, 0.3) is 11.4 Å². The number of ether oxygens (including phenoxy) is 2. The minimum absolute atomic E-state index is 0.348. The molecule has 0 radical (unpaired) electrons. The predicted octanol–water partition coefficient (Wildman–Crippen LogP) is 1.11. The maximum Gasteiger partial charge on any atom is 0.231 e. The average molecular weight is 236 g/mol. The maximum absolute atomic E-state index is 5.13. The lowest BCUT2D eigenvalue weighted by Gasteiger charge is -2.06. The molecule has 0 amide bonds. The van der Waals surface area contributed by atoms with Crippen LogP contribution in [0.1, 0.15) is 12.8 Å². The minimum atomic E-state index is 0.348. The summed E-state index contributed by atoms with van der Waals surface area (Å²) < 4.78 is 15.3. The summed E-state index contributed by atoms with van der Waals surface area (Å²) in [5.41, 5.74) is 0.487. The molecule has 90 valence electrons. The third kappa shape index (κ3) is 2.03. The largest absolute Gasteiger partial charge is 0.480 e. The lowest BCUT2D eigenvalue weighted by Crippen LogP contribution is -1.99. The Hall–Kier alpha value is -2.18. The predicted molar refractivity (Wildman–Crippen MR) is 57.8 cm³/mol. The van der Waals surface area contributed by atoms with E-state index in [-0.39, 0.29) is 0 Å². The third-order valence-corrected chi connectivity index (χ3v) is 2.16. The third-order valence-electron chi connectivity index (χ3n) is 2.16. The second-order valence-corrected chi connectivity index (χ2v) is 3.13. The molecule has 0 aliphatic heterocycles. The van der Waals surface area contributed by atoms with Gasteiger partial charge in [-0.1, -0.05) is 12.1 Å². The number of aromatic nitrogens is 4. The summed E-state index contributed by atoms with van der Waals surface area (Å²) in [6.07, 6.45) is 2.01. The number of hydrogen-bond acceptors (Lipinski definition) is 7. The first-order valence-corrected chi connectivity index (χ1v) is 5.06. The minimum Gasteiger partial charge on any atom is -0.480 e. The van der Waals surface area contributed by atoms with E-state index < -0.39 is 0 Å². The van der Waals surface area contributed by atoms with Crippen molar-refractivity contribution < 1.29 is 14.0 Å². The van der Waals surface area contributed by atoms with Gasteiger partial charge in [-0.15, -0.1) is 0 Å². The van der Waals surface area contributed by atoms with E-state index in [2.05, 4.69) is 20.1 Å². The van der Waals surface area contributed by atoms with Gasteiger partial charge in [0.1, 0.15) is 11.9 Å². The van der Waals surface area contributed by atoms with Crippen LogP contribution in [0, 0.1) is 0 Å². The molecular weight excluding hydrogens is 224 g/mol. The molecule has 7 nitrogen and oxygen atoms in total. The van der Waals surface area contributed by atoms with E-state index in [1.165, 1.54) is 20.5 Å². The summed E-state index contributed by atoms with van der Waals surface area (Å²) >= 11 is 0. The topological polar surface area (TPSA) is 83.2 Å². The summed E-state index contributed by atoms with van der Waals surface area (Å²) in [4.78, 5) is 12.2. The lowest BCUT2D eigenvalue weighted by atomic mass is 10.3. The molecule has 17 heavy (non-hydrogen) atoms. The Morgan fingerprint density at radius 1 is 1.18 bits per heavy atom. The van der Waals surface area contributed by atoms with E-state index in [1.54, 1.807) is 0 Å².